The lowest BCUT2D eigenvalue weighted by molar-refractivity contribution is -0.161. The first-order valence-electron chi connectivity index (χ1n) is 34.2. The third kappa shape index (κ3) is 63.8. The molecule has 0 fully saturated rings. The highest BCUT2D eigenvalue weighted by Gasteiger charge is 2.26. The summed E-state index contributed by atoms with van der Waals surface area (Å²) in [5, 5.41) is 0. The summed E-state index contributed by atoms with van der Waals surface area (Å²) < 4.78 is 33.0. The molecule has 3 N–H and O–H groups in total. The molecule has 77 heavy (non-hydrogen) atoms. The van der Waals surface area contributed by atoms with E-state index in [0.717, 1.165) is 51.4 Å². The molecule has 0 aromatic carbocycles. The van der Waals surface area contributed by atoms with Crippen molar-refractivity contribution in [3.05, 3.63) is 12.2 Å². The van der Waals surface area contributed by atoms with Gasteiger partial charge in [0, 0.05) is 19.4 Å². The fraction of sp³-hybridized carbons (Fsp3) is 0.940. The smallest absolute Gasteiger partial charge is 0.462 e. The van der Waals surface area contributed by atoms with Crippen LogP contribution in [0, 0.1) is 0 Å². The van der Waals surface area contributed by atoms with Crippen molar-refractivity contribution in [2.24, 2.45) is 5.73 Å². The molecular formula is C67H132NO8P. The Labute approximate surface area is 479 Å². The van der Waals surface area contributed by atoms with Crippen LogP contribution in [0.4, 0.5) is 0 Å². The lowest BCUT2D eigenvalue weighted by Crippen LogP contribution is -2.29. The normalized spacial score (nSPS) is 12.9. The number of nitrogens with two attached hydrogens (primary N) is 1. The van der Waals surface area contributed by atoms with E-state index < -0.39 is 26.5 Å². The first-order valence-corrected chi connectivity index (χ1v) is 35.7. The fourth-order valence-corrected chi connectivity index (χ4v) is 11.3. The van der Waals surface area contributed by atoms with E-state index in [0.29, 0.717) is 6.42 Å². The van der Waals surface area contributed by atoms with Gasteiger partial charge in [0.2, 0.25) is 0 Å². The van der Waals surface area contributed by atoms with Gasteiger partial charge in [0.1, 0.15) is 6.61 Å². The zero-order valence-electron chi connectivity index (χ0n) is 51.5. The Kier molecular flexibility index (Phi) is 62.9. The van der Waals surface area contributed by atoms with Crippen LogP contribution in [0.15, 0.2) is 12.2 Å². The molecule has 0 saturated carbocycles. The zero-order chi connectivity index (χ0) is 55.9. The van der Waals surface area contributed by atoms with Crippen molar-refractivity contribution in [1.29, 1.82) is 0 Å². The Hall–Kier alpha value is -1.25. The molecule has 0 rings (SSSR count). The summed E-state index contributed by atoms with van der Waals surface area (Å²) in [6.45, 7) is 3.79. The van der Waals surface area contributed by atoms with E-state index in [1.807, 2.05) is 0 Å². The van der Waals surface area contributed by atoms with E-state index in [1.54, 1.807) is 0 Å². The molecular weight excluding hydrogens is 978 g/mol. The summed E-state index contributed by atoms with van der Waals surface area (Å²) in [6, 6.07) is 0. The van der Waals surface area contributed by atoms with Crippen LogP contribution in [0.25, 0.3) is 0 Å². The number of phosphoric acid groups is 1. The van der Waals surface area contributed by atoms with Crippen molar-refractivity contribution in [2.75, 3.05) is 26.4 Å². The van der Waals surface area contributed by atoms with Crippen LogP contribution in [-0.4, -0.2) is 49.3 Å². The predicted molar refractivity (Wildman–Crippen MR) is 331 cm³/mol. The Bertz CT molecular complexity index is 1270. The Morgan fingerprint density at radius 3 is 0.922 bits per heavy atom. The molecule has 0 spiro atoms. The van der Waals surface area contributed by atoms with Gasteiger partial charge in [0.05, 0.1) is 13.2 Å². The zero-order valence-corrected chi connectivity index (χ0v) is 52.4. The highest BCUT2D eigenvalue weighted by molar-refractivity contribution is 7.47. The van der Waals surface area contributed by atoms with Gasteiger partial charge in [-0.2, -0.15) is 0 Å². The number of hydrogen-bond acceptors (Lipinski definition) is 8. The number of ether oxygens (including phenoxy) is 2. The van der Waals surface area contributed by atoms with Crippen molar-refractivity contribution >= 4 is 19.8 Å². The molecule has 0 heterocycles. The third-order valence-corrected chi connectivity index (χ3v) is 16.6. The maximum absolute atomic E-state index is 12.7. The number of carbonyl (C=O) groups is 2. The Morgan fingerprint density at radius 2 is 0.636 bits per heavy atom. The molecule has 10 heteroatoms. The lowest BCUT2D eigenvalue weighted by atomic mass is 10.0. The minimum absolute atomic E-state index is 0.0553. The standard InChI is InChI=1S/C67H132NO8P/c1-3-5-7-9-11-13-15-17-19-20-21-22-23-24-25-26-27-28-29-30-31-32-33-34-35-36-37-38-39-40-41-42-43-44-46-47-49-51-53-55-57-59-66(69)73-63-65(64-75-77(71,72)74-62-61-68)76-67(70)60-58-56-54-52-50-48-45-18-16-14-12-10-8-6-4-2/h18,45,65H,3-17,19-44,46-64,68H2,1-2H3,(H,71,72)/b45-18-. The summed E-state index contributed by atoms with van der Waals surface area (Å²) in [5.74, 6) is -0.818. The number of hydrogen-bond donors (Lipinski definition) is 2. The van der Waals surface area contributed by atoms with Crippen LogP contribution < -0.4 is 5.73 Å². The third-order valence-electron chi connectivity index (χ3n) is 15.7. The largest absolute Gasteiger partial charge is 0.472 e. The Morgan fingerprint density at radius 1 is 0.377 bits per heavy atom. The molecule has 0 aliphatic heterocycles. The maximum atomic E-state index is 12.7. The van der Waals surface area contributed by atoms with Crippen LogP contribution in [0.1, 0.15) is 373 Å². The van der Waals surface area contributed by atoms with Gasteiger partial charge in [-0.3, -0.25) is 18.6 Å². The fourth-order valence-electron chi connectivity index (χ4n) is 10.6. The number of unbranched alkanes of at least 4 members (excludes halogenated alkanes) is 51. The van der Waals surface area contributed by atoms with Gasteiger partial charge in [-0.1, -0.05) is 334 Å². The molecule has 0 saturated heterocycles. The number of phosphoric ester groups is 1. The SMILES string of the molecule is CCCCCCCC/C=C\CCCCCCCC(=O)OC(COC(=O)CCCCCCCCCCCCCCCCCCCCCCCCCCCCCCCCCCCCCCCCCCC)COP(=O)(O)OCCN. The van der Waals surface area contributed by atoms with E-state index in [4.69, 9.17) is 24.3 Å². The molecule has 458 valence electrons. The summed E-state index contributed by atoms with van der Waals surface area (Å²) >= 11 is 0. The molecule has 0 amide bonds. The van der Waals surface area contributed by atoms with Gasteiger partial charge in [-0.25, -0.2) is 4.57 Å². The monoisotopic (exact) mass is 1110 g/mol. The second-order valence-corrected chi connectivity index (χ2v) is 24.9. The van der Waals surface area contributed by atoms with Gasteiger partial charge >= 0.3 is 19.8 Å². The maximum Gasteiger partial charge on any atom is 0.472 e. The summed E-state index contributed by atoms with van der Waals surface area (Å²) in [4.78, 5) is 35.2. The van der Waals surface area contributed by atoms with E-state index in [-0.39, 0.29) is 38.6 Å². The molecule has 2 atom stereocenters. The van der Waals surface area contributed by atoms with Gasteiger partial charge < -0.3 is 20.1 Å². The molecule has 0 aliphatic carbocycles. The van der Waals surface area contributed by atoms with Crippen molar-refractivity contribution in [3.63, 3.8) is 0 Å². The number of carbonyl (C=O) groups excluding carboxylic acids is 2. The van der Waals surface area contributed by atoms with Gasteiger partial charge in [0.25, 0.3) is 0 Å². The van der Waals surface area contributed by atoms with Crippen LogP contribution in [0.5, 0.6) is 0 Å². The second kappa shape index (κ2) is 63.9. The lowest BCUT2D eigenvalue weighted by Gasteiger charge is -2.19. The van der Waals surface area contributed by atoms with E-state index in [2.05, 4.69) is 26.0 Å². The van der Waals surface area contributed by atoms with Crippen LogP contribution in [-0.2, 0) is 32.7 Å². The summed E-state index contributed by atoms with van der Waals surface area (Å²) in [6.07, 6.45) is 76.3. The highest BCUT2D eigenvalue weighted by Crippen LogP contribution is 2.43. The summed E-state index contributed by atoms with van der Waals surface area (Å²) in [7, 11) is -4.38. The molecule has 0 aliphatic rings. The molecule has 0 aromatic heterocycles. The first kappa shape index (κ1) is 75.8. The number of allylic oxidation sites excluding steroid dienone is 2. The quantitative estimate of drug-likeness (QED) is 0.0264. The van der Waals surface area contributed by atoms with Crippen LogP contribution in [0.2, 0.25) is 0 Å². The average molecular weight is 1110 g/mol. The minimum Gasteiger partial charge on any atom is -0.462 e. The van der Waals surface area contributed by atoms with E-state index in [1.165, 1.54) is 289 Å². The minimum atomic E-state index is -4.38. The number of rotatable bonds is 66. The van der Waals surface area contributed by atoms with Gasteiger partial charge in [0.15, 0.2) is 6.10 Å². The van der Waals surface area contributed by atoms with Gasteiger partial charge in [-0.05, 0) is 38.5 Å². The molecule has 9 nitrogen and oxygen atoms in total. The van der Waals surface area contributed by atoms with Crippen molar-refractivity contribution in [3.8, 4) is 0 Å². The van der Waals surface area contributed by atoms with E-state index in [9.17, 15) is 19.0 Å². The molecule has 0 bridgehead atoms. The van der Waals surface area contributed by atoms with Gasteiger partial charge in [-0.15, -0.1) is 0 Å². The average Bonchev–Trinajstić information content (AvgIpc) is 3.42. The summed E-state index contributed by atoms with van der Waals surface area (Å²) in [5.41, 5.74) is 5.38. The predicted octanol–water partition coefficient (Wildman–Crippen LogP) is 22.0. The van der Waals surface area contributed by atoms with Crippen molar-refractivity contribution in [2.45, 2.75) is 380 Å². The van der Waals surface area contributed by atoms with Crippen molar-refractivity contribution in [1.82, 2.24) is 0 Å². The molecule has 2 unspecified atom stereocenters. The number of esters is 2. The van der Waals surface area contributed by atoms with Crippen LogP contribution >= 0.6 is 7.82 Å². The Balaban J connectivity index is 3.66. The first-order chi connectivity index (χ1) is 37.8. The van der Waals surface area contributed by atoms with Crippen LogP contribution in [0.3, 0.4) is 0 Å². The molecule has 0 radical (unpaired) electrons. The molecule has 0 aromatic rings. The highest BCUT2D eigenvalue weighted by atomic mass is 31.2. The van der Waals surface area contributed by atoms with Crippen molar-refractivity contribution < 1.29 is 37.6 Å². The second-order valence-electron chi connectivity index (χ2n) is 23.4. The topological polar surface area (TPSA) is 134 Å². The van der Waals surface area contributed by atoms with E-state index >= 15 is 0 Å².